The molecule has 0 saturated heterocycles. The van der Waals surface area contributed by atoms with Crippen molar-refractivity contribution in [3.8, 4) is 23.0 Å². The number of hydrogen-bond donors (Lipinski definition) is 4. The first kappa shape index (κ1) is 51.1. The number of phenols is 2. The van der Waals surface area contributed by atoms with Crippen LogP contribution in [-0.4, -0.2) is 34.9 Å². The molecule has 2 aromatic rings. The van der Waals surface area contributed by atoms with E-state index in [0.717, 1.165) is 25.7 Å². The molecule has 0 aliphatic rings. The lowest BCUT2D eigenvalue weighted by Gasteiger charge is -2.12. The Bertz CT molecular complexity index is 1210. The van der Waals surface area contributed by atoms with E-state index in [-0.39, 0.29) is 35.8 Å². The number of rotatable bonds is 41. The third kappa shape index (κ3) is 26.9. The Labute approximate surface area is 356 Å². The van der Waals surface area contributed by atoms with Crippen molar-refractivity contribution in [2.75, 3.05) is 13.2 Å². The monoisotopic (exact) mass is 805 g/mol. The highest BCUT2D eigenvalue weighted by atomic mass is 16.5. The Kier molecular flexibility index (Phi) is 31.6. The van der Waals surface area contributed by atoms with E-state index < -0.39 is 0 Å². The molecule has 0 fully saturated rings. The molecule has 4 N–H and O–H groups in total. The molecule has 330 valence electrons. The molecule has 58 heavy (non-hydrogen) atoms. The molecule has 6 nitrogen and oxygen atoms in total. The quantitative estimate of drug-likeness (QED) is 0.0397. The van der Waals surface area contributed by atoms with E-state index in [9.17, 15) is 10.2 Å². The summed E-state index contributed by atoms with van der Waals surface area (Å²) in [5, 5.41) is 38.3. The van der Waals surface area contributed by atoms with E-state index in [4.69, 9.17) is 20.3 Å². The summed E-state index contributed by atoms with van der Waals surface area (Å²) in [5.74, 6) is 1.42. The number of phenolic OH excluding ortho intramolecular Hbond substituents is 2. The van der Waals surface area contributed by atoms with Crippen LogP contribution in [0.3, 0.4) is 0 Å². The number of benzene rings is 2. The summed E-state index contributed by atoms with van der Waals surface area (Å²) in [7, 11) is 0. The summed E-state index contributed by atoms with van der Waals surface area (Å²) in [6, 6.07) is 10.5. The van der Waals surface area contributed by atoms with Gasteiger partial charge in [-0.2, -0.15) is 0 Å². The lowest BCUT2D eigenvalue weighted by Crippen LogP contribution is -2.17. The van der Waals surface area contributed by atoms with Crippen LogP contribution in [0, 0.1) is 10.8 Å². The average molecular weight is 805 g/mol. The topological polar surface area (TPSA) is 107 Å². The Morgan fingerprint density at radius 3 is 0.862 bits per heavy atom. The molecule has 0 heterocycles. The number of aromatic hydroxyl groups is 2. The van der Waals surface area contributed by atoms with Gasteiger partial charge in [-0.15, -0.1) is 0 Å². The van der Waals surface area contributed by atoms with Crippen molar-refractivity contribution >= 4 is 11.4 Å². The molecule has 6 heteroatoms. The van der Waals surface area contributed by atoms with E-state index in [0.29, 0.717) is 35.8 Å². The summed E-state index contributed by atoms with van der Waals surface area (Å²) < 4.78 is 11.8. The van der Waals surface area contributed by atoms with Crippen LogP contribution in [0.2, 0.25) is 0 Å². The van der Waals surface area contributed by atoms with Gasteiger partial charge in [0.05, 0.1) is 24.6 Å². The normalized spacial score (nSPS) is 11.3. The minimum Gasteiger partial charge on any atom is -0.508 e. The zero-order valence-corrected chi connectivity index (χ0v) is 37.6. The predicted molar refractivity (Wildman–Crippen MR) is 249 cm³/mol. The molecule has 0 atom stereocenters. The van der Waals surface area contributed by atoms with Gasteiger partial charge >= 0.3 is 0 Å². The number of nitrogens with one attached hydrogen (secondary N) is 2. The maximum atomic E-state index is 10.6. The SMILES string of the molecule is CCCCCCCCCCCCCCCCCCOc1ccc(CC(=N)C(=N)Cc2ccc(OCCCCCCCCCCCCCCCCCC)cc2O)c(O)c1. The zero-order valence-electron chi connectivity index (χ0n) is 37.6. The summed E-state index contributed by atoms with van der Waals surface area (Å²) in [6.07, 6.45) is 43.1. The highest BCUT2D eigenvalue weighted by Gasteiger charge is 2.14. The molecule has 2 aromatic carbocycles. The van der Waals surface area contributed by atoms with Gasteiger partial charge in [0.2, 0.25) is 0 Å². The van der Waals surface area contributed by atoms with E-state index >= 15 is 0 Å². The van der Waals surface area contributed by atoms with E-state index in [1.165, 1.54) is 180 Å². The second-order valence-electron chi connectivity index (χ2n) is 17.2. The molecule has 2 rings (SSSR count). The molecule has 0 aliphatic heterocycles. The van der Waals surface area contributed by atoms with Crippen molar-refractivity contribution < 1.29 is 19.7 Å². The molecule has 0 spiro atoms. The molecule has 0 unspecified atom stereocenters. The summed E-state index contributed by atoms with van der Waals surface area (Å²) in [4.78, 5) is 0. The van der Waals surface area contributed by atoms with Crippen LogP contribution in [0.25, 0.3) is 0 Å². The highest BCUT2D eigenvalue weighted by molar-refractivity contribution is 6.40. The molecule has 0 aromatic heterocycles. The highest BCUT2D eigenvalue weighted by Crippen LogP contribution is 2.27. The first-order valence-electron chi connectivity index (χ1n) is 24.5. The van der Waals surface area contributed by atoms with Crippen molar-refractivity contribution in [3.05, 3.63) is 47.5 Å². The molecular weight excluding hydrogens is 717 g/mol. The van der Waals surface area contributed by atoms with Gasteiger partial charge in [0.15, 0.2) is 0 Å². The van der Waals surface area contributed by atoms with Gasteiger partial charge in [0.25, 0.3) is 0 Å². The van der Waals surface area contributed by atoms with Crippen LogP contribution in [0.15, 0.2) is 36.4 Å². The van der Waals surface area contributed by atoms with Gasteiger partial charge in [0, 0.05) is 36.1 Å². The lowest BCUT2D eigenvalue weighted by molar-refractivity contribution is 0.302. The third-order valence-electron chi connectivity index (χ3n) is 11.7. The van der Waals surface area contributed by atoms with Crippen molar-refractivity contribution in [3.63, 3.8) is 0 Å². The Balaban J connectivity index is 1.49. The van der Waals surface area contributed by atoms with Crippen molar-refractivity contribution in [1.82, 2.24) is 0 Å². The maximum absolute atomic E-state index is 10.6. The van der Waals surface area contributed by atoms with Gasteiger partial charge in [-0.05, 0) is 25.0 Å². The van der Waals surface area contributed by atoms with Gasteiger partial charge in [-0.1, -0.05) is 219 Å². The summed E-state index contributed by atoms with van der Waals surface area (Å²) in [5.41, 5.74) is 1.40. The molecule has 0 radical (unpaired) electrons. The summed E-state index contributed by atoms with van der Waals surface area (Å²) >= 11 is 0. The number of hydrogen-bond acceptors (Lipinski definition) is 6. The van der Waals surface area contributed by atoms with E-state index in [1.807, 2.05) is 12.1 Å². The minimum atomic E-state index is 0.0794. The first-order valence-corrected chi connectivity index (χ1v) is 24.5. The molecule has 0 saturated carbocycles. The molecular formula is C52H88N2O4. The summed E-state index contributed by atoms with van der Waals surface area (Å²) in [6.45, 7) is 5.82. The largest absolute Gasteiger partial charge is 0.508 e. The van der Waals surface area contributed by atoms with Crippen LogP contribution in [0.1, 0.15) is 230 Å². The fourth-order valence-electron chi connectivity index (χ4n) is 7.84. The molecule has 0 amide bonds. The standard InChI is InChI=1S/C52H88N2O4/c1-3-5-7-9-11-13-15-17-19-21-23-25-27-29-31-33-39-57-47-37-35-45(51(55)43-47)41-49(53)50(54)42-46-36-38-48(44-52(46)56)58-40-34-32-30-28-26-24-22-20-18-16-14-12-10-8-6-4-2/h35-38,43-44,53-56H,3-34,39-42H2,1-2H3. The van der Waals surface area contributed by atoms with Gasteiger partial charge in [0.1, 0.15) is 23.0 Å². The van der Waals surface area contributed by atoms with Crippen molar-refractivity contribution in [2.45, 2.75) is 232 Å². The molecule has 0 aliphatic carbocycles. The molecule has 0 bridgehead atoms. The number of unbranched alkanes of at least 4 members (excludes halogenated alkanes) is 30. The van der Waals surface area contributed by atoms with Gasteiger partial charge in [-0.25, -0.2) is 0 Å². The fraction of sp³-hybridized carbons (Fsp3) is 0.731. The van der Waals surface area contributed by atoms with Crippen LogP contribution in [-0.2, 0) is 12.8 Å². The van der Waals surface area contributed by atoms with Crippen LogP contribution < -0.4 is 9.47 Å². The van der Waals surface area contributed by atoms with Crippen molar-refractivity contribution in [2.24, 2.45) is 0 Å². The second kappa shape index (κ2) is 35.9. The number of ether oxygens (including phenoxy) is 2. The Morgan fingerprint density at radius 1 is 0.379 bits per heavy atom. The van der Waals surface area contributed by atoms with Gasteiger partial charge < -0.3 is 30.5 Å². The van der Waals surface area contributed by atoms with Gasteiger partial charge in [-0.3, -0.25) is 0 Å². The Morgan fingerprint density at radius 2 is 0.621 bits per heavy atom. The maximum Gasteiger partial charge on any atom is 0.122 e. The second-order valence-corrected chi connectivity index (χ2v) is 17.2. The van der Waals surface area contributed by atoms with E-state index in [1.54, 1.807) is 24.3 Å². The average Bonchev–Trinajstić information content (AvgIpc) is 3.22. The van der Waals surface area contributed by atoms with Crippen LogP contribution >= 0.6 is 0 Å². The fourth-order valence-corrected chi connectivity index (χ4v) is 7.84. The third-order valence-corrected chi connectivity index (χ3v) is 11.7. The first-order chi connectivity index (χ1) is 28.4. The van der Waals surface area contributed by atoms with Crippen LogP contribution in [0.5, 0.6) is 23.0 Å². The lowest BCUT2D eigenvalue weighted by atomic mass is 9.99. The zero-order chi connectivity index (χ0) is 41.7. The van der Waals surface area contributed by atoms with E-state index in [2.05, 4.69) is 13.8 Å². The minimum absolute atomic E-state index is 0.0794. The smallest absolute Gasteiger partial charge is 0.122 e. The van der Waals surface area contributed by atoms with Crippen LogP contribution in [0.4, 0.5) is 0 Å². The Hall–Kier alpha value is -3.02. The predicted octanol–water partition coefficient (Wildman–Crippen LogP) is 16.2. The van der Waals surface area contributed by atoms with Crippen molar-refractivity contribution in [1.29, 1.82) is 10.8 Å².